The Balaban J connectivity index is 1.32. The van der Waals surface area contributed by atoms with Crippen molar-refractivity contribution in [3.63, 3.8) is 0 Å². The summed E-state index contributed by atoms with van der Waals surface area (Å²) in [6, 6.07) is 8.62. The van der Waals surface area contributed by atoms with E-state index < -0.39 is 0 Å². The SMILES string of the molecule is CN(Cc1cccnc1)C[C@H]1CCN(C(=O)c2cccn2C2CC2)C1. The van der Waals surface area contributed by atoms with Crippen LogP contribution in [0.5, 0.6) is 0 Å². The highest BCUT2D eigenvalue weighted by Crippen LogP contribution is 2.36. The lowest BCUT2D eigenvalue weighted by Gasteiger charge is -2.22. The predicted molar refractivity (Wildman–Crippen MR) is 97.3 cm³/mol. The van der Waals surface area contributed by atoms with Gasteiger partial charge in [0.05, 0.1) is 0 Å². The van der Waals surface area contributed by atoms with Crippen molar-refractivity contribution in [1.29, 1.82) is 0 Å². The molecule has 0 bridgehead atoms. The summed E-state index contributed by atoms with van der Waals surface area (Å²) in [5.41, 5.74) is 2.10. The molecule has 1 aliphatic carbocycles. The molecular formula is C20H26N4O. The lowest BCUT2D eigenvalue weighted by Crippen LogP contribution is -2.32. The molecule has 0 spiro atoms. The van der Waals surface area contributed by atoms with Gasteiger partial charge in [-0.2, -0.15) is 0 Å². The van der Waals surface area contributed by atoms with Crippen LogP contribution in [-0.2, 0) is 6.54 Å². The van der Waals surface area contributed by atoms with Gasteiger partial charge in [0.15, 0.2) is 0 Å². The third-order valence-electron chi connectivity index (χ3n) is 5.26. The van der Waals surface area contributed by atoms with Crippen LogP contribution in [0, 0.1) is 5.92 Å². The second kappa shape index (κ2) is 7.00. The molecule has 1 saturated carbocycles. The third kappa shape index (κ3) is 3.76. The highest BCUT2D eigenvalue weighted by Gasteiger charge is 2.32. The first kappa shape index (κ1) is 16.3. The number of carbonyl (C=O) groups excluding carboxylic acids is 1. The topological polar surface area (TPSA) is 41.4 Å². The Morgan fingerprint density at radius 2 is 2.16 bits per heavy atom. The maximum Gasteiger partial charge on any atom is 0.270 e. The molecule has 5 heteroatoms. The number of nitrogens with zero attached hydrogens (tertiary/aromatic N) is 4. The molecule has 0 aromatic carbocycles. The van der Waals surface area contributed by atoms with E-state index in [4.69, 9.17) is 0 Å². The van der Waals surface area contributed by atoms with Crippen LogP contribution in [0.15, 0.2) is 42.9 Å². The summed E-state index contributed by atoms with van der Waals surface area (Å²) in [5, 5.41) is 0. The zero-order valence-electron chi connectivity index (χ0n) is 14.8. The average molecular weight is 338 g/mol. The number of pyridine rings is 1. The van der Waals surface area contributed by atoms with Gasteiger partial charge in [-0.15, -0.1) is 0 Å². The predicted octanol–water partition coefficient (Wildman–Crippen LogP) is 2.81. The summed E-state index contributed by atoms with van der Waals surface area (Å²) in [5.74, 6) is 0.754. The molecule has 4 rings (SSSR count). The van der Waals surface area contributed by atoms with Gasteiger partial charge in [-0.3, -0.25) is 9.78 Å². The molecule has 2 aliphatic rings. The van der Waals surface area contributed by atoms with Crippen LogP contribution in [0.1, 0.15) is 41.4 Å². The Kier molecular flexibility index (Phi) is 4.57. The zero-order chi connectivity index (χ0) is 17.2. The lowest BCUT2D eigenvalue weighted by atomic mass is 10.1. The van der Waals surface area contributed by atoms with Crippen LogP contribution < -0.4 is 0 Å². The number of rotatable bonds is 6. The molecule has 0 N–H and O–H groups in total. The van der Waals surface area contributed by atoms with Gasteiger partial charge in [-0.25, -0.2) is 0 Å². The van der Waals surface area contributed by atoms with Gasteiger partial charge in [0.1, 0.15) is 5.69 Å². The summed E-state index contributed by atoms with van der Waals surface area (Å²) in [6.45, 7) is 3.66. The van der Waals surface area contributed by atoms with Crippen molar-refractivity contribution in [1.82, 2.24) is 19.4 Å². The highest BCUT2D eigenvalue weighted by molar-refractivity contribution is 5.93. The minimum Gasteiger partial charge on any atom is -0.340 e. The molecule has 0 radical (unpaired) electrons. The van der Waals surface area contributed by atoms with E-state index in [1.807, 2.05) is 29.3 Å². The van der Waals surface area contributed by atoms with Crippen LogP contribution in [0.25, 0.3) is 0 Å². The normalized spacial score (nSPS) is 20.4. The number of hydrogen-bond acceptors (Lipinski definition) is 3. The monoisotopic (exact) mass is 338 g/mol. The van der Waals surface area contributed by atoms with E-state index in [1.54, 1.807) is 6.20 Å². The van der Waals surface area contributed by atoms with Crippen molar-refractivity contribution >= 4 is 5.91 Å². The molecule has 1 aliphatic heterocycles. The van der Waals surface area contributed by atoms with E-state index in [9.17, 15) is 4.79 Å². The number of aromatic nitrogens is 2. The molecular weight excluding hydrogens is 312 g/mol. The minimum absolute atomic E-state index is 0.203. The van der Waals surface area contributed by atoms with E-state index in [0.717, 1.165) is 38.3 Å². The Morgan fingerprint density at radius 3 is 2.92 bits per heavy atom. The van der Waals surface area contributed by atoms with E-state index >= 15 is 0 Å². The molecule has 0 unspecified atom stereocenters. The van der Waals surface area contributed by atoms with Crippen LogP contribution in [-0.4, -0.2) is 51.9 Å². The third-order valence-corrected chi connectivity index (χ3v) is 5.26. The van der Waals surface area contributed by atoms with Gasteiger partial charge in [-0.05, 0) is 56.0 Å². The van der Waals surface area contributed by atoms with Gasteiger partial charge in [0.25, 0.3) is 5.91 Å². The van der Waals surface area contributed by atoms with Crippen LogP contribution in [0.4, 0.5) is 0 Å². The van der Waals surface area contributed by atoms with Crippen molar-refractivity contribution in [2.24, 2.45) is 5.92 Å². The fraction of sp³-hybridized carbons (Fsp3) is 0.500. The van der Waals surface area contributed by atoms with Crippen molar-refractivity contribution in [2.75, 3.05) is 26.7 Å². The molecule has 2 aromatic heterocycles. The second-order valence-corrected chi connectivity index (χ2v) is 7.50. The van der Waals surface area contributed by atoms with E-state index in [1.165, 1.54) is 18.4 Å². The van der Waals surface area contributed by atoms with Crippen molar-refractivity contribution in [3.05, 3.63) is 54.1 Å². The molecule has 5 nitrogen and oxygen atoms in total. The summed E-state index contributed by atoms with van der Waals surface area (Å²) in [7, 11) is 2.15. The van der Waals surface area contributed by atoms with Crippen molar-refractivity contribution < 1.29 is 4.79 Å². The maximum atomic E-state index is 12.9. The molecule has 2 aromatic rings. The van der Waals surface area contributed by atoms with Crippen LogP contribution in [0.3, 0.4) is 0 Å². The number of hydrogen-bond donors (Lipinski definition) is 0. The Morgan fingerprint density at radius 1 is 1.28 bits per heavy atom. The van der Waals surface area contributed by atoms with Gasteiger partial charge in [0.2, 0.25) is 0 Å². The van der Waals surface area contributed by atoms with Crippen LogP contribution >= 0.6 is 0 Å². The smallest absolute Gasteiger partial charge is 0.270 e. The number of likely N-dealkylation sites (tertiary alicyclic amines) is 1. The maximum absolute atomic E-state index is 12.9. The molecule has 1 amide bonds. The fourth-order valence-corrected chi connectivity index (χ4v) is 3.88. The second-order valence-electron chi connectivity index (χ2n) is 7.50. The van der Waals surface area contributed by atoms with E-state index in [-0.39, 0.29) is 5.91 Å². The minimum atomic E-state index is 0.203. The summed E-state index contributed by atoms with van der Waals surface area (Å²) in [4.78, 5) is 21.4. The summed E-state index contributed by atoms with van der Waals surface area (Å²) in [6.07, 6.45) is 9.29. The molecule has 2 fully saturated rings. The fourth-order valence-electron chi connectivity index (χ4n) is 3.88. The van der Waals surface area contributed by atoms with Crippen molar-refractivity contribution in [3.8, 4) is 0 Å². The molecule has 132 valence electrons. The van der Waals surface area contributed by atoms with Gasteiger partial charge >= 0.3 is 0 Å². The molecule has 3 heterocycles. The van der Waals surface area contributed by atoms with Crippen molar-refractivity contribution in [2.45, 2.75) is 31.8 Å². The first-order valence-corrected chi connectivity index (χ1v) is 9.24. The highest BCUT2D eigenvalue weighted by atomic mass is 16.2. The summed E-state index contributed by atoms with van der Waals surface area (Å²) < 4.78 is 2.17. The lowest BCUT2D eigenvalue weighted by molar-refractivity contribution is 0.0773. The first-order valence-electron chi connectivity index (χ1n) is 9.24. The largest absolute Gasteiger partial charge is 0.340 e. The Hall–Kier alpha value is -2.14. The Bertz CT molecular complexity index is 722. The van der Waals surface area contributed by atoms with Crippen LogP contribution in [0.2, 0.25) is 0 Å². The quantitative estimate of drug-likeness (QED) is 0.813. The first-order chi connectivity index (χ1) is 12.2. The zero-order valence-corrected chi connectivity index (χ0v) is 14.8. The van der Waals surface area contributed by atoms with E-state index in [0.29, 0.717) is 12.0 Å². The molecule has 1 atom stereocenters. The average Bonchev–Trinajstić information content (AvgIpc) is 3.16. The van der Waals surface area contributed by atoms with Gasteiger partial charge in [0, 0.05) is 50.8 Å². The standard InChI is InChI=1S/C20H26N4O/c1-22(13-16-4-2-9-21-12-16)14-17-8-11-23(15-17)20(25)19-5-3-10-24(19)18-6-7-18/h2-5,9-10,12,17-18H,6-8,11,13-15H2,1H3/t17-/m1/s1. The van der Waals surface area contributed by atoms with Gasteiger partial charge < -0.3 is 14.4 Å². The number of amides is 1. The molecule has 1 saturated heterocycles. The van der Waals surface area contributed by atoms with Gasteiger partial charge in [-0.1, -0.05) is 6.07 Å². The van der Waals surface area contributed by atoms with E-state index in [2.05, 4.69) is 33.8 Å². The number of carbonyl (C=O) groups is 1. The summed E-state index contributed by atoms with van der Waals surface area (Å²) >= 11 is 0. The Labute approximate surface area is 149 Å². The molecule has 25 heavy (non-hydrogen) atoms.